The van der Waals surface area contributed by atoms with Crippen LogP contribution in [0.25, 0.3) is 44.4 Å². The van der Waals surface area contributed by atoms with Crippen molar-refractivity contribution >= 4 is 44.8 Å². The Hall–Kier alpha value is -5.85. The minimum atomic E-state index is -0.808. The molecular formula is C29H22F4N10O2. The van der Waals surface area contributed by atoms with Crippen LogP contribution in [0.2, 0.25) is 0 Å². The van der Waals surface area contributed by atoms with Crippen LogP contribution in [0.15, 0.2) is 42.9 Å². The third-order valence-electron chi connectivity index (χ3n) is 7.30. The van der Waals surface area contributed by atoms with Crippen LogP contribution < -0.4 is 5.32 Å². The number of aromatic amines is 2. The summed E-state index contributed by atoms with van der Waals surface area (Å²) >= 11 is 0. The quantitative estimate of drug-likeness (QED) is 0.254. The van der Waals surface area contributed by atoms with Gasteiger partial charge >= 0.3 is 0 Å². The van der Waals surface area contributed by atoms with Crippen molar-refractivity contribution in [2.75, 3.05) is 13.1 Å². The number of nitrogens with one attached hydrogen (secondary N) is 3. The molecule has 45 heavy (non-hydrogen) atoms. The first-order valence-corrected chi connectivity index (χ1v) is 13.5. The zero-order chi connectivity index (χ0) is 32.0. The number of benzene rings is 2. The fourth-order valence-corrected chi connectivity index (χ4v) is 4.99. The average molecular weight is 619 g/mol. The summed E-state index contributed by atoms with van der Waals surface area (Å²) in [6, 6.07) is 5.26. The minimum absolute atomic E-state index is 0.0866. The molecule has 2 aromatic carbocycles. The van der Waals surface area contributed by atoms with E-state index in [0.29, 0.717) is 29.6 Å². The number of aromatic nitrogens is 7. The predicted molar refractivity (Wildman–Crippen MR) is 152 cm³/mol. The van der Waals surface area contributed by atoms with Crippen LogP contribution in [0.3, 0.4) is 0 Å². The van der Waals surface area contributed by atoms with E-state index in [2.05, 4.69) is 41.6 Å². The van der Waals surface area contributed by atoms with E-state index >= 15 is 0 Å². The summed E-state index contributed by atoms with van der Waals surface area (Å²) in [5.41, 5.74) is 1.66. The van der Waals surface area contributed by atoms with Crippen molar-refractivity contribution in [1.29, 1.82) is 5.26 Å². The van der Waals surface area contributed by atoms with Gasteiger partial charge in [-0.15, -0.1) is 0 Å². The monoisotopic (exact) mass is 618 g/mol. The molecule has 228 valence electrons. The highest BCUT2D eigenvalue weighted by Crippen LogP contribution is 2.30. The van der Waals surface area contributed by atoms with E-state index in [1.807, 2.05) is 0 Å². The molecule has 0 unspecified atom stereocenters. The number of H-pyrrole nitrogens is 2. The van der Waals surface area contributed by atoms with Gasteiger partial charge < -0.3 is 15.2 Å². The van der Waals surface area contributed by atoms with Gasteiger partial charge in [-0.3, -0.25) is 19.4 Å². The Morgan fingerprint density at radius 3 is 2.58 bits per heavy atom. The van der Waals surface area contributed by atoms with E-state index in [-0.39, 0.29) is 45.2 Å². The fourth-order valence-electron chi connectivity index (χ4n) is 4.99. The van der Waals surface area contributed by atoms with E-state index in [4.69, 9.17) is 5.26 Å². The molecular weight excluding hydrogens is 596 g/mol. The van der Waals surface area contributed by atoms with Crippen LogP contribution in [0.1, 0.15) is 17.3 Å². The van der Waals surface area contributed by atoms with Gasteiger partial charge in [0.25, 0.3) is 5.91 Å². The molecule has 2 amide bonds. The SMILES string of the molecule is C[C@@H](NC(=O)c1c[nH]c2ncc(-c3nn(C)c4cc(F)cc(F)c34)nc12)C(=O)N1CC(C#N)C1.Fc1cc(F)c2cn[nH]c2c1. The molecule has 3 N–H and O–H groups in total. The second-order valence-corrected chi connectivity index (χ2v) is 10.4. The molecule has 0 radical (unpaired) electrons. The summed E-state index contributed by atoms with van der Waals surface area (Å²) in [5.74, 6) is -3.71. The largest absolute Gasteiger partial charge is 0.344 e. The number of hydrogen-bond donors (Lipinski definition) is 3. The van der Waals surface area contributed by atoms with Gasteiger partial charge in [0.1, 0.15) is 46.2 Å². The number of aryl methyl sites for hydroxylation is 1. The van der Waals surface area contributed by atoms with Gasteiger partial charge in [0.15, 0.2) is 5.65 Å². The first kappa shape index (κ1) is 29.2. The van der Waals surface area contributed by atoms with Crippen LogP contribution >= 0.6 is 0 Å². The standard InChI is InChI=1S/C22H18F2N8O2.C7H4F2N2/c1-10(22(34)32-8-11(5-25)9-32)28-21(33)13-6-26-20-18(13)29-15(7-27-20)19-17-14(24)3-12(23)4-16(17)31(2)30-19;8-4-1-6(9)5-3-10-11-7(5)2-4/h3-4,6-7,10-11H,8-9H2,1-2H3,(H,26,27)(H,28,33);1-3H,(H,10,11)/t10-;/m1./s1. The number of fused-ring (bicyclic) bond motifs is 3. The summed E-state index contributed by atoms with van der Waals surface area (Å²) in [7, 11) is 1.56. The van der Waals surface area contributed by atoms with Gasteiger partial charge in [0.2, 0.25) is 5.91 Å². The first-order valence-electron chi connectivity index (χ1n) is 13.5. The van der Waals surface area contributed by atoms with Crippen molar-refractivity contribution in [3.05, 3.63) is 71.7 Å². The maximum Gasteiger partial charge on any atom is 0.255 e. The van der Waals surface area contributed by atoms with Gasteiger partial charge in [0, 0.05) is 38.5 Å². The molecule has 1 aliphatic heterocycles. The molecule has 6 aromatic rings. The van der Waals surface area contributed by atoms with Crippen molar-refractivity contribution in [3.63, 3.8) is 0 Å². The highest BCUT2D eigenvalue weighted by Gasteiger charge is 2.33. The summed E-state index contributed by atoms with van der Waals surface area (Å²) in [5, 5.41) is 22.2. The molecule has 12 nitrogen and oxygen atoms in total. The average Bonchev–Trinajstić information content (AvgIpc) is 3.70. The number of likely N-dealkylation sites (tertiary alicyclic amines) is 1. The number of nitrogens with zero attached hydrogens (tertiary/aromatic N) is 7. The van der Waals surface area contributed by atoms with Crippen molar-refractivity contribution < 1.29 is 27.2 Å². The second-order valence-electron chi connectivity index (χ2n) is 10.4. The van der Waals surface area contributed by atoms with E-state index in [0.717, 1.165) is 12.1 Å². The fraction of sp³-hybridized carbons (Fsp3) is 0.207. The molecule has 16 heteroatoms. The molecule has 0 saturated carbocycles. The molecule has 1 atom stereocenters. The number of halogens is 4. The summed E-state index contributed by atoms with van der Waals surface area (Å²) in [4.78, 5) is 38.5. The Morgan fingerprint density at radius 2 is 1.82 bits per heavy atom. The molecule has 0 spiro atoms. The molecule has 4 aromatic heterocycles. The highest BCUT2D eigenvalue weighted by atomic mass is 19.1. The third-order valence-corrected chi connectivity index (χ3v) is 7.30. The van der Waals surface area contributed by atoms with Gasteiger partial charge in [0.05, 0.1) is 51.8 Å². The predicted octanol–water partition coefficient (Wildman–Crippen LogP) is 3.73. The highest BCUT2D eigenvalue weighted by molar-refractivity contribution is 6.06. The minimum Gasteiger partial charge on any atom is -0.344 e. The van der Waals surface area contributed by atoms with Crippen LogP contribution in [-0.4, -0.2) is 70.8 Å². The molecule has 7 rings (SSSR count). The van der Waals surface area contributed by atoms with E-state index < -0.39 is 35.2 Å². The summed E-state index contributed by atoms with van der Waals surface area (Å²) in [6.07, 6.45) is 4.12. The van der Waals surface area contributed by atoms with Crippen molar-refractivity contribution in [2.45, 2.75) is 13.0 Å². The van der Waals surface area contributed by atoms with Gasteiger partial charge in [-0.1, -0.05) is 0 Å². The van der Waals surface area contributed by atoms with Crippen molar-refractivity contribution in [1.82, 2.24) is 45.1 Å². The molecule has 1 saturated heterocycles. The second kappa shape index (κ2) is 11.3. The van der Waals surface area contributed by atoms with Crippen molar-refractivity contribution in [3.8, 4) is 17.5 Å². The zero-order valence-electron chi connectivity index (χ0n) is 23.6. The lowest BCUT2D eigenvalue weighted by molar-refractivity contribution is -0.137. The lowest BCUT2D eigenvalue weighted by Crippen LogP contribution is -2.55. The van der Waals surface area contributed by atoms with Crippen LogP contribution in [0.4, 0.5) is 17.6 Å². The number of nitriles is 1. The number of carbonyl (C=O) groups excluding carboxylic acids is 2. The van der Waals surface area contributed by atoms with E-state index in [1.165, 1.54) is 40.3 Å². The maximum absolute atomic E-state index is 14.6. The molecule has 1 aliphatic rings. The van der Waals surface area contributed by atoms with Gasteiger partial charge in [-0.05, 0) is 19.1 Å². The lowest BCUT2D eigenvalue weighted by Gasteiger charge is -2.37. The molecule has 5 heterocycles. The number of carbonyl (C=O) groups is 2. The normalized spacial score (nSPS) is 13.8. The lowest BCUT2D eigenvalue weighted by atomic mass is 10.0. The Balaban J connectivity index is 0.000000272. The topological polar surface area (TPSA) is 161 Å². The van der Waals surface area contributed by atoms with Crippen molar-refractivity contribution in [2.24, 2.45) is 13.0 Å². The summed E-state index contributed by atoms with van der Waals surface area (Å²) in [6.45, 7) is 2.25. The smallest absolute Gasteiger partial charge is 0.255 e. The Morgan fingerprint density at radius 1 is 1.09 bits per heavy atom. The van der Waals surface area contributed by atoms with Crippen LogP contribution in [-0.2, 0) is 11.8 Å². The van der Waals surface area contributed by atoms with E-state index in [1.54, 1.807) is 14.0 Å². The molecule has 0 aliphatic carbocycles. The number of hydrogen-bond acceptors (Lipinski definition) is 7. The molecule has 1 fully saturated rings. The van der Waals surface area contributed by atoms with Crippen LogP contribution in [0, 0.1) is 40.5 Å². The maximum atomic E-state index is 14.6. The zero-order valence-corrected chi connectivity index (χ0v) is 23.6. The van der Waals surface area contributed by atoms with Crippen LogP contribution in [0.5, 0.6) is 0 Å². The van der Waals surface area contributed by atoms with Gasteiger partial charge in [-0.25, -0.2) is 27.5 Å². The number of rotatable bonds is 4. The van der Waals surface area contributed by atoms with Gasteiger partial charge in [-0.2, -0.15) is 15.5 Å². The molecule has 0 bridgehead atoms. The Labute approximate surface area is 250 Å². The third kappa shape index (κ3) is 5.39. The summed E-state index contributed by atoms with van der Waals surface area (Å²) < 4.78 is 54.8. The van der Waals surface area contributed by atoms with E-state index in [9.17, 15) is 27.2 Å². The number of amides is 2. The first-order chi connectivity index (χ1) is 21.5. The Bertz CT molecular complexity index is 2160. The Kier molecular flexibility index (Phi) is 7.36.